The Morgan fingerprint density at radius 1 is 1.38 bits per heavy atom. The third-order valence-electron chi connectivity index (χ3n) is 4.79. The number of hydrogen-bond donors (Lipinski definition) is 0. The second kappa shape index (κ2) is 8.49. The number of carbonyl (C=O) groups excluding carboxylic acids is 1. The van der Waals surface area contributed by atoms with Crippen LogP contribution >= 0.6 is 11.5 Å². The minimum absolute atomic E-state index is 0.170. The molecule has 0 N–H and O–H groups in total. The first-order chi connectivity index (χ1) is 12.5. The Balaban J connectivity index is 1.57. The van der Waals surface area contributed by atoms with E-state index in [1.807, 2.05) is 41.1 Å². The zero-order chi connectivity index (χ0) is 18.5. The quantitative estimate of drug-likeness (QED) is 0.778. The number of nitrogens with zero attached hydrogens (tertiary/aromatic N) is 4. The minimum Gasteiger partial charge on any atom is -0.497 e. The number of carbonyl (C=O) groups is 1. The fourth-order valence-electron chi connectivity index (χ4n) is 3.07. The van der Waals surface area contributed by atoms with Gasteiger partial charge in [0.2, 0.25) is 11.0 Å². The smallest absolute Gasteiger partial charge is 0.242 e. The van der Waals surface area contributed by atoms with Crippen LogP contribution in [0, 0.1) is 5.92 Å². The van der Waals surface area contributed by atoms with Gasteiger partial charge in [-0.3, -0.25) is 4.79 Å². The predicted octanol–water partition coefficient (Wildman–Crippen LogP) is 2.83. The Morgan fingerprint density at radius 3 is 2.88 bits per heavy atom. The maximum atomic E-state index is 12.5. The first-order valence-electron chi connectivity index (χ1n) is 8.99. The van der Waals surface area contributed by atoms with E-state index in [9.17, 15) is 4.79 Å². The molecule has 2 aromatic rings. The largest absolute Gasteiger partial charge is 0.497 e. The lowest BCUT2D eigenvalue weighted by atomic mass is 9.99. The Hall–Kier alpha value is -2.15. The standard InChI is InChI=1S/C19H26N4O2S/c1-14-7-9-23(10-8-14)18(24)13-22(2)19-20-17(21-26-19)12-15-5-4-6-16(11-15)25-3/h4-6,11,14H,7-10,12-13H2,1-3H3. The Bertz CT molecular complexity index is 741. The zero-order valence-corrected chi connectivity index (χ0v) is 16.5. The molecule has 1 amide bonds. The number of anilines is 1. The molecular weight excluding hydrogens is 348 g/mol. The lowest BCUT2D eigenvalue weighted by molar-refractivity contribution is -0.130. The molecule has 0 atom stereocenters. The molecular formula is C19H26N4O2S. The van der Waals surface area contributed by atoms with Gasteiger partial charge < -0.3 is 14.5 Å². The number of piperidine rings is 1. The molecule has 0 unspecified atom stereocenters. The molecule has 6 nitrogen and oxygen atoms in total. The first kappa shape index (κ1) is 18.6. The fourth-order valence-corrected chi connectivity index (χ4v) is 3.71. The highest BCUT2D eigenvalue weighted by Gasteiger charge is 2.22. The molecule has 0 bridgehead atoms. The second-order valence-electron chi connectivity index (χ2n) is 6.94. The van der Waals surface area contributed by atoms with E-state index in [2.05, 4.69) is 16.3 Å². The van der Waals surface area contributed by atoms with Crippen molar-refractivity contribution in [3.05, 3.63) is 35.7 Å². The summed E-state index contributed by atoms with van der Waals surface area (Å²) in [5, 5.41) is 0.779. The van der Waals surface area contributed by atoms with Gasteiger partial charge in [0.1, 0.15) is 11.6 Å². The summed E-state index contributed by atoms with van der Waals surface area (Å²) >= 11 is 1.34. The van der Waals surface area contributed by atoms with Crippen LogP contribution in [0.4, 0.5) is 5.13 Å². The van der Waals surface area contributed by atoms with E-state index in [0.717, 1.165) is 54.1 Å². The Morgan fingerprint density at radius 2 is 2.15 bits per heavy atom. The zero-order valence-electron chi connectivity index (χ0n) is 15.6. The van der Waals surface area contributed by atoms with E-state index in [1.165, 1.54) is 11.5 Å². The van der Waals surface area contributed by atoms with Crippen molar-refractivity contribution >= 4 is 22.6 Å². The number of likely N-dealkylation sites (N-methyl/N-ethyl adjacent to an activating group) is 1. The third kappa shape index (κ3) is 4.72. The molecule has 1 fully saturated rings. The van der Waals surface area contributed by atoms with Crippen molar-refractivity contribution in [2.75, 3.05) is 38.7 Å². The fraction of sp³-hybridized carbons (Fsp3) is 0.526. The topological polar surface area (TPSA) is 58.6 Å². The van der Waals surface area contributed by atoms with Gasteiger partial charge >= 0.3 is 0 Å². The van der Waals surface area contributed by atoms with Gasteiger partial charge in [-0.25, -0.2) is 4.98 Å². The SMILES string of the molecule is COc1cccc(Cc2nsc(N(C)CC(=O)N3CCC(C)CC3)n2)c1. The van der Waals surface area contributed by atoms with Crippen molar-refractivity contribution in [1.82, 2.24) is 14.3 Å². The van der Waals surface area contributed by atoms with Crippen LogP contribution in [0.1, 0.15) is 31.2 Å². The predicted molar refractivity (Wildman–Crippen MR) is 104 cm³/mol. The molecule has 1 aliphatic rings. The van der Waals surface area contributed by atoms with Crippen LogP contribution in [0.2, 0.25) is 0 Å². The molecule has 7 heteroatoms. The van der Waals surface area contributed by atoms with Crippen LogP contribution < -0.4 is 9.64 Å². The van der Waals surface area contributed by atoms with Crippen LogP contribution in [0.5, 0.6) is 5.75 Å². The van der Waals surface area contributed by atoms with E-state index in [1.54, 1.807) is 7.11 Å². The highest BCUT2D eigenvalue weighted by molar-refractivity contribution is 7.09. The summed E-state index contributed by atoms with van der Waals surface area (Å²) in [5.41, 5.74) is 1.11. The summed E-state index contributed by atoms with van der Waals surface area (Å²) in [4.78, 5) is 20.9. The number of methoxy groups -OCH3 is 1. The van der Waals surface area contributed by atoms with Gasteiger partial charge in [-0.15, -0.1) is 0 Å². The molecule has 140 valence electrons. The van der Waals surface area contributed by atoms with E-state index < -0.39 is 0 Å². The minimum atomic E-state index is 0.170. The summed E-state index contributed by atoms with van der Waals surface area (Å²) in [6.45, 7) is 4.33. The number of likely N-dealkylation sites (tertiary alicyclic amines) is 1. The molecule has 0 spiro atoms. The summed E-state index contributed by atoms with van der Waals surface area (Å²) in [6, 6.07) is 7.91. The number of aromatic nitrogens is 2. The van der Waals surface area contributed by atoms with Gasteiger partial charge in [0.05, 0.1) is 13.7 Å². The van der Waals surface area contributed by atoms with Crippen molar-refractivity contribution in [3.63, 3.8) is 0 Å². The molecule has 1 aliphatic heterocycles. The molecule has 1 saturated heterocycles. The first-order valence-corrected chi connectivity index (χ1v) is 9.77. The summed E-state index contributed by atoms with van der Waals surface area (Å²) < 4.78 is 9.70. The maximum absolute atomic E-state index is 12.5. The van der Waals surface area contributed by atoms with Gasteiger partial charge in [0.15, 0.2) is 0 Å². The Labute approximate surface area is 159 Å². The highest BCUT2D eigenvalue weighted by atomic mass is 32.1. The van der Waals surface area contributed by atoms with Gasteiger partial charge in [-0.1, -0.05) is 19.1 Å². The van der Waals surface area contributed by atoms with Crippen molar-refractivity contribution in [1.29, 1.82) is 0 Å². The maximum Gasteiger partial charge on any atom is 0.242 e. The monoisotopic (exact) mass is 374 g/mol. The average Bonchev–Trinajstić information content (AvgIpc) is 3.11. The van der Waals surface area contributed by atoms with Gasteiger partial charge in [-0.2, -0.15) is 4.37 Å². The van der Waals surface area contributed by atoms with E-state index >= 15 is 0 Å². The lowest BCUT2D eigenvalue weighted by Gasteiger charge is -2.31. The van der Waals surface area contributed by atoms with Gasteiger partial charge in [0.25, 0.3) is 0 Å². The average molecular weight is 375 g/mol. The molecule has 26 heavy (non-hydrogen) atoms. The molecule has 3 rings (SSSR count). The summed E-state index contributed by atoms with van der Waals surface area (Å²) in [7, 11) is 3.56. The molecule has 0 radical (unpaired) electrons. The van der Waals surface area contributed by atoms with Gasteiger partial charge in [-0.05, 0) is 36.5 Å². The highest BCUT2D eigenvalue weighted by Crippen LogP contribution is 2.21. The molecule has 1 aromatic heterocycles. The van der Waals surface area contributed by atoms with E-state index in [-0.39, 0.29) is 5.91 Å². The van der Waals surface area contributed by atoms with Gasteiger partial charge in [0, 0.05) is 38.1 Å². The van der Waals surface area contributed by atoms with E-state index in [4.69, 9.17) is 4.74 Å². The van der Waals surface area contributed by atoms with Crippen LogP contribution in [-0.2, 0) is 11.2 Å². The van der Waals surface area contributed by atoms with Crippen molar-refractivity contribution in [2.24, 2.45) is 5.92 Å². The summed E-state index contributed by atoms with van der Waals surface area (Å²) in [5.74, 6) is 2.49. The van der Waals surface area contributed by atoms with E-state index in [0.29, 0.717) is 13.0 Å². The van der Waals surface area contributed by atoms with Crippen LogP contribution in [0.15, 0.2) is 24.3 Å². The number of rotatable bonds is 6. The van der Waals surface area contributed by atoms with Crippen molar-refractivity contribution in [3.8, 4) is 5.75 Å². The number of amides is 1. The van der Waals surface area contributed by atoms with Crippen molar-refractivity contribution in [2.45, 2.75) is 26.2 Å². The third-order valence-corrected chi connectivity index (χ3v) is 5.66. The summed E-state index contributed by atoms with van der Waals surface area (Å²) in [6.07, 6.45) is 2.84. The lowest BCUT2D eigenvalue weighted by Crippen LogP contribution is -2.43. The van der Waals surface area contributed by atoms with Crippen LogP contribution in [0.25, 0.3) is 0 Å². The van der Waals surface area contributed by atoms with Crippen LogP contribution in [-0.4, -0.2) is 54.0 Å². The molecule has 2 heterocycles. The second-order valence-corrected chi connectivity index (χ2v) is 7.67. The molecule has 1 aromatic carbocycles. The molecule has 0 aliphatic carbocycles. The number of hydrogen-bond acceptors (Lipinski definition) is 6. The normalized spacial score (nSPS) is 15.1. The number of ether oxygens (including phenoxy) is 1. The van der Waals surface area contributed by atoms with Crippen LogP contribution in [0.3, 0.4) is 0 Å². The molecule has 0 saturated carbocycles. The Kier molecular flexibility index (Phi) is 6.08. The number of benzene rings is 1. The van der Waals surface area contributed by atoms with Crippen molar-refractivity contribution < 1.29 is 9.53 Å².